The molecule has 0 spiro atoms. The quantitative estimate of drug-likeness (QED) is 0.710. The number of hydrogen-bond acceptors (Lipinski definition) is 3. The van der Waals surface area contributed by atoms with E-state index in [4.69, 9.17) is 9.47 Å². The second-order valence-corrected chi connectivity index (χ2v) is 3.87. The van der Waals surface area contributed by atoms with Crippen molar-refractivity contribution in [3.8, 4) is 0 Å². The van der Waals surface area contributed by atoms with Gasteiger partial charge in [-0.25, -0.2) is 4.39 Å². The van der Waals surface area contributed by atoms with Gasteiger partial charge in [-0.2, -0.15) is 0 Å². The molecule has 0 aromatic heterocycles. The van der Waals surface area contributed by atoms with E-state index in [0.29, 0.717) is 32.1 Å². The molecule has 1 aromatic carbocycles. The lowest BCUT2D eigenvalue weighted by Gasteiger charge is -2.09. The first kappa shape index (κ1) is 13.9. The number of halogens is 1. The fourth-order valence-electron chi connectivity index (χ4n) is 1.44. The van der Waals surface area contributed by atoms with Gasteiger partial charge in [0.2, 0.25) is 0 Å². The number of nitrogens with one attached hydrogen (secondary N) is 1. The van der Waals surface area contributed by atoms with Gasteiger partial charge in [0.05, 0.1) is 12.3 Å². The Balaban J connectivity index is 2.15. The van der Waals surface area contributed by atoms with Gasteiger partial charge >= 0.3 is 0 Å². The zero-order valence-electron chi connectivity index (χ0n) is 10.5. The van der Waals surface area contributed by atoms with Crippen molar-refractivity contribution in [2.45, 2.75) is 13.3 Å². The van der Waals surface area contributed by atoms with E-state index in [2.05, 4.69) is 5.32 Å². The van der Waals surface area contributed by atoms with E-state index < -0.39 is 0 Å². The maximum Gasteiger partial charge on any atom is 0.146 e. The lowest BCUT2D eigenvalue weighted by molar-refractivity contribution is 0.109. The van der Waals surface area contributed by atoms with E-state index in [1.165, 1.54) is 6.07 Å². The molecular formula is C13H20FNO2. The van der Waals surface area contributed by atoms with Gasteiger partial charge < -0.3 is 14.8 Å². The van der Waals surface area contributed by atoms with Crippen LogP contribution in [-0.4, -0.2) is 33.5 Å². The highest BCUT2D eigenvalue weighted by Crippen LogP contribution is 2.14. The fraction of sp³-hybridized carbons (Fsp3) is 0.538. The normalized spacial score (nSPS) is 10.5. The average molecular weight is 241 g/mol. The average Bonchev–Trinajstić information content (AvgIpc) is 2.32. The van der Waals surface area contributed by atoms with E-state index in [1.54, 1.807) is 19.2 Å². The van der Waals surface area contributed by atoms with Crippen LogP contribution in [0.15, 0.2) is 18.2 Å². The molecule has 0 aliphatic rings. The Hall–Kier alpha value is -1.13. The van der Waals surface area contributed by atoms with Crippen LogP contribution in [0.25, 0.3) is 0 Å². The Morgan fingerprint density at radius 1 is 1.24 bits per heavy atom. The fourth-order valence-corrected chi connectivity index (χ4v) is 1.44. The number of hydrogen-bond donors (Lipinski definition) is 1. The lowest BCUT2D eigenvalue weighted by Crippen LogP contribution is -2.11. The van der Waals surface area contributed by atoms with Gasteiger partial charge in [0.1, 0.15) is 5.82 Å². The van der Waals surface area contributed by atoms with Gasteiger partial charge in [-0.3, -0.25) is 0 Å². The molecule has 0 heterocycles. The molecule has 0 atom stereocenters. The molecule has 0 unspecified atom stereocenters. The van der Waals surface area contributed by atoms with Gasteiger partial charge in [-0.1, -0.05) is 6.07 Å². The molecule has 0 amide bonds. The molecule has 0 radical (unpaired) electrons. The summed E-state index contributed by atoms with van der Waals surface area (Å²) in [5.41, 5.74) is 1.57. The summed E-state index contributed by atoms with van der Waals surface area (Å²) in [6.45, 7) is 4.49. The molecule has 1 aromatic rings. The third-order valence-corrected chi connectivity index (χ3v) is 2.32. The highest BCUT2D eigenvalue weighted by atomic mass is 19.1. The molecule has 0 aliphatic heterocycles. The molecule has 0 fully saturated rings. The van der Waals surface area contributed by atoms with Gasteiger partial charge in [0, 0.05) is 26.9 Å². The zero-order chi connectivity index (χ0) is 12.5. The van der Waals surface area contributed by atoms with Crippen molar-refractivity contribution in [2.75, 3.05) is 38.8 Å². The van der Waals surface area contributed by atoms with E-state index >= 15 is 0 Å². The van der Waals surface area contributed by atoms with Crippen molar-refractivity contribution >= 4 is 5.69 Å². The van der Waals surface area contributed by atoms with E-state index in [-0.39, 0.29) is 5.82 Å². The molecule has 0 saturated heterocycles. The second kappa shape index (κ2) is 8.03. The highest BCUT2D eigenvalue weighted by molar-refractivity contribution is 5.46. The van der Waals surface area contributed by atoms with Crippen molar-refractivity contribution in [1.29, 1.82) is 0 Å². The standard InChI is InChI=1S/C13H20FNO2/c1-11-4-5-12(14)13(10-11)15-6-9-17-8-3-7-16-2/h4-5,10,15H,3,6-9H2,1-2H3. The number of anilines is 1. The van der Waals surface area contributed by atoms with Gasteiger partial charge in [0.25, 0.3) is 0 Å². The summed E-state index contributed by atoms with van der Waals surface area (Å²) in [5, 5.41) is 3.01. The first-order valence-electron chi connectivity index (χ1n) is 5.80. The predicted molar refractivity (Wildman–Crippen MR) is 66.9 cm³/mol. The largest absolute Gasteiger partial charge is 0.385 e. The first-order valence-corrected chi connectivity index (χ1v) is 5.80. The SMILES string of the molecule is COCCCOCCNc1cc(C)ccc1F. The Morgan fingerprint density at radius 2 is 2.06 bits per heavy atom. The van der Waals surface area contributed by atoms with Gasteiger partial charge in [0.15, 0.2) is 0 Å². The Labute approximate surface area is 102 Å². The summed E-state index contributed by atoms with van der Waals surface area (Å²) < 4.78 is 23.6. The lowest BCUT2D eigenvalue weighted by atomic mass is 10.2. The minimum Gasteiger partial charge on any atom is -0.385 e. The number of methoxy groups -OCH3 is 1. The maximum absolute atomic E-state index is 13.3. The maximum atomic E-state index is 13.3. The van der Waals surface area contributed by atoms with Gasteiger partial charge in [-0.05, 0) is 31.0 Å². The minimum atomic E-state index is -0.227. The van der Waals surface area contributed by atoms with Crippen LogP contribution in [-0.2, 0) is 9.47 Å². The van der Waals surface area contributed by atoms with E-state index in [9.17, 15) is 4.39 Å². The Morgan fingerprint density at radius 3 is 2.82 bits per heavy atom. The molecule has 0 saturated carbocycles. The van der Waals surface area contributed by atoms with Crippen molar-refractivity contribution < 1.29 is 13.9 Å². The number of benzene rings is 1. The smallest absolute Gasteiger partial charge is 0.146 e. The van der Waals surface area contributed by atoms with Crippen molar-refractivity contribution in [1.82, 2.24) is 0 Å². The Bertz CT molecular complexity index is 331. The molecular weight excluding hydrogens is 221 g/mol. The summed E-state index contributed by atoms with van der Waals surface area (Å²) >= 11 is 0. The summed E-state index contributed by atoms with van der Waals surface area (Å²) in [5.74, 6) is -0.227. The van der Waals surface area contributed by atoms with Gasteiger partial charge in [-0.15, -0.1) is 0 Å². The minimum absolute atomic E-state index is 0.227. The summed E-state index contributed by atoms with van der Waals surface area (Å²) in [4.78, 5) is 0. The molecule has 1 rings (SSSR count). The van der Waals surface area contributed by atoms with Crippen LogP contribution >= 0.6 is 0 Å². The van der Waals surface area contributed by atoms with Crippen LogP contribution in [0.4, 0.5) is 10.1 Å². The van der Waals surface area contributed by atoms with E-state index in [0.717, 1.165) is 12.0 Å². The van der Waals surface area contributed by atoms with Crippen molar-refractivity contribution in [2.24, 2.45) is 0 Å². The Kier molecular flexibility index (Phi) is 6.58. The summed E-state index contributed by atoms with van der Waals surface area (Å²) in [6.07, 6.45) is 0.884. The third kappa shape index (κ3) is 5.65. The predicted octanol–water partition coefficient (Wildman–Crippen LogP) is 2.60. The molecule has 0 bridgehead atoms. The van der Waals surface area contributed by atoms with Crippen molar-refractivity contribution in [3.05, 3.63) is 29.6 Å². The summed E-state index contributed by atoms with van der Waals surface area (Å²) in [6, 6.07) is 5.01. The summed E-state index contributed by atoms with van der Waals surface area (Å²) in [7, 11) is 1.67. The molecule has 17 heavy (non-hydrogen) atoms. The van der Waals surface area contributed by atoms with Crippen LogP contribution in [0.1, 0.15) is 12.0 Å². The topological polar surface area (TPSA) is 30.5 Å². The van der Waals surface area contributed by atoms with Crippen LogP contribution in [0.3, 0.4) is 0 Å². The number of rotatable bonds is 8. The first-order chi connectivity index (χ1) is 8.24. The molecule has 96 valence electrons. The van der Waals surface area contributed by atoms with E-state index in [1.807, 2.05) is 6.92 Å². The van der Waals surface area contributed by atoms with Crippen molar-refractivity contribution in [3.63, 3.8) is 0 Å². The third-order valence-electron chi connectivity index (χ3n) is 2.32. The van der Waals surface area contributed by atoms with Crippen LogP contribution < -0.4 is 5.32 Å². The molecule has 4 heteroatoms. The second-order valence-electron chi connectivity index (χ2n) is 3.87. The van der Waals surface area contributed by atoms with Crippen LogP contribution in [0, 0.1) is 12.7 Å². The number of aryl methyl sites for hydroxylation is 1. The number of ether oxygens (including phenoxy) is 2. The monoisotopic (exact) mass is 241 g/mol. The molecule has 3 nitrogen and oxygen atoms in total. The zero-order valence-corrected chi connectivity index (χ0v) is 10.5. The highest BCUT2D eigenvalue weighted by Gasteiger charge is 2.00. The molecule has 0 aliphatic carbocycles. The van der Waals surface area contributed by atoms with Crippen LogP contribution in [0.2, 0.25) is 0 Å². The van der Waals surface area contributed by atoms with Crippen LogP contribution in [0.5, 0.6) is 0 Å². The molecule has 1 N–H and O–H groups in total.